The van der Waals surface area contributed by atoms with Crippen molar-refractivity contribution < 1.29 is 19.4 Å². The van der Waals surface area contributed by atoms with Crippen LogP contribution in [0.4, 0.5) is 11.4 Å². The Morgan fingerprint density at radius 1 is 1.21 bits per heavy atom. The van der Waals surface area contributed by atoms with Gasteiger partial charge in [-0.1, -0.05) is 28.2 Å². The molecule has 1 aliphatic rings. The molecule has 2 aromatic carbocycles. The molecule has 24 heavy (non-hydrogen) atoms. The van der Waals surface area contributed by atoms with Gasteiger partial charge in [0.05, 0.1) is 28.4 Å². The molecule has 0 unspecified atom stereocenters. The fourth-order valence-electron chi connectivity index (χ4n) is 2.05. The molecule has 0 fully saturated rings. The smallest absolute Gasteiger partial charge is 0.276 e. The van der Waals surface area contributed by atoms with Gasteiger partial charge >= 0.3 is 0 Å². The molecule has 124 valence electrons. The first-order chi connectivity index (χ1) is 11.6. The van der Waals surface area contributed by atoms with E-state index < -0.39 is 0 Å². The third kappa shape index (κ3) is 3.64. The van der Waals surface area contributed by atoms with Crippen molar-refractivity contribution in [1.29, 1.82) is 0 Å². The summed E-state index contributed by atoms with van der Waals surface area (Å²) < 4.78 is 4.38. The van der Waals surface area contributed by atoms with Gasteiger partial charge in [0.1, 0.15) is 0 Å². The Kier molecular flexibility index (Phi) is 5.24. The van der Waals surface area contributed by atoms with Gasteiger partial charge in [-0.3, -0.25) is 10.2 Å². The molecular formula is C14H9Cl2N3O4S. The molecule has 0 bridgehead atoms. The Morgan fingerprint density at radius 2 is 2.04 bits per heavy atom. The lowest BCUT2D eigenvalue weighted by Crippen LogP contribution is -2.15. The minimum absolute atomic E-state index is 0.174. The van der Waals surface area contributed by atoms with Gasteiger partial charge < -0.3 is 5.32 Å². The number of rotatable bonds is 5. The number of benzene rings is 2. The van der Waals surface area contributed by atoms with Gasteiger partial charge in [-0.05, 0) is 36.4 Å². The summed E-state index contributed by atoms with van der Waals surface area (Å²) in [6.07, 6.45) is 0. The number of amides is 1. The molecule has 2 aromatic rings. The number of hydrogen-bond acceptors (Lipinski definition) is 7. The zero-order valence-corrected chi connectivity index (χ0v) is 14.1. The van der Waals surface area contributed by atoms with E-state index in [0.717, 1.165) is 12.0 Å². The van der Waals surface area contributed by atoms with Crippen LogP contribution < -0.4 is 10.7 Å². The van der Waals surface area contributed by atoms with Crippen molar-refractivity contribution in [2.75, 3.05) is 10.7 Å². The average molecular weight is 386 g/mol. The molecule has 0 saturated carbocycles. The second-order valence-corrected chi connectivity index (χ2v) is 6.20. The Balaban J connectivity index is 1.89. The zero-order chi connectivity index (χ0) is 17.1. The van der Waals surface area contributed by atoms with Crippen LogP contribution in [0.2, 0.25) is 10.0 Å². The van der Waals surface area contributed by atoms with Crippen LogP contribution in [-0.2, 0) is 14.2 Å². The fourth-order valence-corrected chi connectivity index (χ4v) is 2.78. The number of fused-ring (bicyclic) bond motifs is 1. The molecule has 0 saturated heterocycles. The molecule has 1 heterocycles. The molecule has 0 atom stereocenters. The first-order valence-electron chi connectivity index (χ1n) is 6.48. The maximum absolute atomic E-state index is 12.1. The topological polar surface area (TPSA) is 92.2 Å². The van der Waals surface area contributed by atoms with Gasteiger partial charge in [-0.25, -0.2) is 5.26 Å². The second-order valence-electron chi connectivity index (χ2n) is 4.58. The molecule has 7 nitrogen and oxygen atoms in total. The largest absolute Gasteiger partial charge is 0.320 e. The molecule has 1 aliphatic heterocycles. The van der Waals surface area contributed by atoms with Crippen molar-refractivity contribution in [3.63, 3.8) is 0 Å². The quantitative estimate of drug-likeness (QED) is 0.406. The lowest BCUT2D eigenvalue weighted by Gasteiger charge is -2.05. The summed E-state index contributed by atoms with van der Waals surface area (Å²) in [6.45, 7) is 0. The molecule has 0 aliphatic carbocycles. The summed E-state index contributed by atoms with van der Waals surface area (Å²) in [4.78, 5) is 12.7. The number of hydrogen-bond donors (Lipinski definition) is 3. The predicted octanol–water partition coefficient (Wildman–Crippen LogP) is 4.19. The highest BCUT2D eigenvalue weighted by atomic mass is 35.5. The Labute approximate surface area is 150 Å². The van der Waals surface area contributed by atoms with Crippen molar-refractivity contribution in [2.24, 2.45) is 5.10 Å². The van der Waals surface area contributed by atoms with E-state index in [-0.39, 0.29) is 11.6 Å². The molecular weight excluding hydrogens is 377 g/mol. The number of halogens is 2. The third-order valence-electron chi connectivity index (χ3n) is 3.09. The Morgan fingerprint density at radius 3 is 2.83 bits per heavy atom. The summed E-state index contributed by atoms with van der Waals surface area (Å²) in [6, 6.07) is 9.90. The minimum atomic E-state index is -0.364. The normalized spacial score (nSPS) is 14.6. The van der Waals surface area contributed by atoms with E-state index >= 15 is 0 Å². The molecule has 3 N–H and O–H groups in total. The standard InChI is InChI=1S/C14H9Cl2N3O4S/c15-7-1-3-10(16)12(5-7)18-19-13-9-6-8(24-23-22-21)2-4-11(9)17-14(13)20/h1-6,18,21H,(H,17,19,20). The first kappa shape index (κ1) is 17.0. The van der Waals surface area contributed by atoms with Crippen LogP contribution >= 0.6 is 35.2 Å². The van der Waals surface area contributed by atoms with Gasteiger partial charge in [0, 0.05) is 15.5 Å². The van der Waals surface area contributed by atoms with Crippen molar-refractivity contribution in [2.45, 2.75) is 4.90 Å². The average Bonchev–Trinajstić information content (AvgIpc) is 2.88. The monoisotopic (exact) mass is 385 g/mol. The van der Waals surface area contributed by atoms with E-state index in [1.54, 1.807) is 36.4 Å². The Hall–Kier alpha value is -1.81. The summed E-state index contributed by atoms with van der Waals surface area (Å²) in [5.41, 5.74) is 4.56. The number of nitrogens with zero attached hydrogens (tertiary/aromatic N) is 1. The van der Waals surface area contributed by atoms with Crippen LogP contribution in [0.1, 0.15) is 5.56 Å². The highest BCUT2D eigenvalue weighted by Gasteiger charge is 2.26. The van der Waals surface area contributed by atoms with E-state index in [0.29, 0.717) is 31.9 Å². The highest BCUT2D eigenvalue weighted by Crippen LogP contribution is 2.30. The lowest BCUT2D eigenvalue weighted by atomic mass is 10.1. The molecule has 0 aromatic heterocycles. The SMILES string of the molecule is O=C1Nc2ccc(SOOO)cc2/C1=N/Nc1cc(Cl)ccc1Cl. The van der Waals surface area contributed by atoms with Gasteiger partial charge in [-0.2, -0.15) is 5.10 Å². The van der Waals surface area contributed by atoms with Crippen molar-refractivity contribution >= 4 is 58.2 Å². The van der Waals surface area contributed by atoms with Gasteiger partial charge in [-0.15, -0.1) is 4.33 Å². The second kappa shape index (κ2) is 7.39. The molecule has 10 heteroatoms. The van der Waals surface area contributed by atoms with Gasteiger partial charge in [0.15, 0.2) is 5.71 Å². The van der Waals surface area contributed by atoms with E-state index in [1.807, 2.05) is 0 Å². The van der Waals surface area contributed by atoms with Crippen LogP contribution in [0.25, 0.3) is 0 Å². The maximum Gasteiger partial charge on any atom is 0.276 e. The van der Waals surface area contributed by atoms with Gasteiger partial charge in [0.2, 0.25) is 0 Å². The van der Waals surface area contributed by atoms with E-state index in [9.17, 15) is 4.79 Å². The van der Waals surface area contributed by atoms with Crippen LogP contribution in [0.15, 0.2) is 46.4 Å². The maximum atomic E-state index is 12.1. The minimum Gasteiger partial charge on any atom is -0.320 e. The summed E-state index contributed by atoms with van der Waals surface area (Å²) >= 11 is 12.8. The predicted molar refractivity (Wildman–Crippen MR) is 92.3 cm³/mol. The highest BCUT2D eigenvalue weighted by molar-refractivity contribution is 7.94. The Bertz CT molecular complexity index is 832. The molecule has 1 amide bonds. The molecule has 3 rings (SSSR count). The van der Waals surface area contributed by atoms with Crippen LogP contribution in [0, 0.1) is 0 Å². The van der Waals surface area contributed by atoms with Crippen LogP contribution in [-0.4, -0.2) is 16.9 Å². The van der Waals surface area contributed by atoms with Crippen molar-refractivity contribution in [1.82, 2.24) is 0 Å². The summed E-state index contributed by atoms with van der Waals surface area (Å²) in [5, 5.41) is 19.5. The van der Waals surface area contributed by atoms with Crippen LogP contribution in [0.3, 0.4) is 0 Å². The first-order valence-corrected chi connectivity index (χ1v) is 7.97. The van der Waals surface area contributed by atoms with E-state index in [2.05, 4.69) is 25.2 Å². The third-order valence-corrected chi connectivity index (χ3v) is 4.23. The number of carbonyl (C=O) groups is 1. The van der Waals surface area contributed by atoms with E-state index in [4.69, 9.17) is 28.5 Å². The van der Waals surface area contributed by atoms with Crippen molar-refractivity contribution in [3.8, 4) is 0 Å². The van der Waals surface area contributed by atoms with Crippen molar-refractivity contribution in [3.05, 3.63) is 52.0 Å². The molecule has 0 radical (unpaired) electrons. The van der Waals surface area contributed by atoms with Crippen LogP contribution in [0.5, 0.6) is 0 Å². The van der Waals surface area contributed by atoms with Gasteiger partial charge in [0.25, 0.3) is 5.91 Å². The zero-order valence-electron chi connectivity index (χ0n) is 11.7. The lowest BCUT2D eigenvalue weighted by molar-refractivity contribution is -0.432. The summed E-state index contributed by atoms with van der Waals surface area (Å²) in [7, 11) is 0. The number of nitrogens with one attached hydrogen (secondary N) is 2. The number of anilines is 2. The summed E-state index contributed by atoms with van der Waals surface area (Å²) in [5.74, 6) is -0.364. The number of carbonyl (C=O) groups excluding carboxylic acids is 1. The fraction of sp³-hybridized carbons (Fsp3) is 0. The van der Waals surface area contributed by atoms with E-state index in [1.165, 1.54) is 0 Å². The molecule has 0 spiro atoms. The number of hydrazone groups is 1.